The summed E-state index contributed by atoms with van der Waals surface area (Å²) in [5, 5.41) is 3.78. The number of nitrogens with one attached hydrogen (secondary N) is 1. The lowest BCUT2D eigenvalue weighted by atomic mass is 10.1. The van der Waals surface area contributed by atoms with Crippen molar-refractivity contribution in [3.05, 3.63) is 123 Å². The predicted octanol–water partition coefficient (Wildman–Crippen LogP) is 5.95. The van der Waals surface area contributed by atoms with E-state index in [0.717, 1.165) is 9.87 Å². The van der Waals surface area contributed by atoms with Gasteiger partial charge in [0.1, 0.15) is 5.75 Å². The van der Waals surface area contributed by atoms with E-state index in [-0.39, 0.29) is 29.6 Å². The number of halogens is 3. The topological polar surface area (TPSA) is 96.0 Å². The van der Waals surface area contributed by atoms with Gasteiger partial charge in [-0.25, -0.2) is 8.42 Å². The molecule has 1 heterocycles. The number of anilines is 1. The zero-order chi connectivity index (χ0) is 30.6. The lowest BCUT2D eigenvalue weighted by Crippen LogP contribution is -2.52. The monoisotopic (exact) mass is 657 g/mol. The summed E-state index contributed by atoms with van der Waals surface area (Å²) in [6.07, 6.45) is -1.01. The molecule has 0 fully saturated rings. The summed E-state index contributed by atoms with van der Waals surface area (Å²) in [6, 6.07) is 26.6. The molecule has 1 aliphatic heterocycles. The Morgan fingerprint density at radius 2 is 1.56 bits per heavy atom. The fraction of sp³-hybridized carbons (Fsp3) is 0.161. The van der Waals surface area contributed by atoms with Gasteiger partial charge in [-0.05, 0) is 59.7 Å². The van der Waals surface area contributed by atoms with Gasteiger partial charge in [-0.3, -0.25) is 9.59 Å². The van der Waals surface area contributed by atoms with Crippen LogP contribution in [0.15, 0.2) is 102 Å². The summed E-state index contributed by atoms with van der Waals surface area (Å²) < 4.78 is 34.7. The van der Waals surface area contributed by atoms with Crippen LogP contribution in [0.3, 0.4) is 0 Å². The standard InChI is InChI=1S/C31H26Cl3N3O5S/c32-23-11-13-24(14-12-23)43(40,41)36(18-22-10-15-25(33)26(34)16-22)20-30(38)37-19-29(42-28-9-5-4-8-27(28)37)31(39)35-17-21-6-2-1-3-7-21/h1-16,29H,17-20H2,(H,35,39)/t29-/m1/s1. The number of ether oxygens (including phenoxy) is 1. The highest BCUT2D eigenvalue weighted by Crippen LogP contribution is 2.34. The smallest absolute Gasteiger partial charge is 0.263 e. The second-order valence-corrected chi connectivity index (χ2v) is 12.9. The maximum absolute atomic E-state index is 13.9. The number of rotatable bonds is 9. The molecular formula is C31H26Cl3N3O5S. The van der Waals surface area contributed by atoms with E-state index in [1.165, 1.54) is 29.2 Å². The molecule has 1 atom stereocenters. The van der Waals surface area contributed by atoms with Gasteiger partial charge in [-0.1, -0.05) is 83.3 Å². The zero-order valence-electron chi connectivity index (χ0n) is 22.6. The van der Waals surface area contributed by atoms with E-state index in [1.54, 1.807) is 42.5 Å². The first-order chi connectivity index (χ1) is 20.6. The highest BCUT2D eigenvalue weighted by Gasteiger charge is 2.36. The van der Waals surface area contributed by atoms with Crippen LogP contribution < -0.4 is 15.0 Å². The van der Waals surface area contributed by atoms with Crippen molar-refractivity contribution in [1.82, 2.24) is 9.62 Å². The van der Waals surface area contributed by atoms with Crippen molar-refractivity contribution < 1.29 is 22.7 Å². The molecule has 0 unspecified atom stereocenters. The molecule has 1 aliphatic rings. The maximum Gasteiger partial charge on any atom is 0.263 e. The lowest BCUT2D eigenvalue weighted by Gasteiger charge is -2.35. The average Bonchev–Trinajstić information content (AvgIpc) is 3.01. The van der Waals surface area contributed by atoms with Gasteiger partial charge in [-0.15, -0.1) is 0 Å². The summed E-state index contributed by atoms with van der Waals surface area (Å²) in [5.74, 6) is -0.620. The van der Waals surface area contributed by atoms with Gasteiger partial charge in [0.05, 0.1) is 33.7 Å². The van der Waals surface area contributed by atoms with E-state index < -0.39 is 34.5 Å². The molecule has 2 amide bonds. The number of amides is 2. The van der Waals surface area contributed by atoms with E-state index >= 15 is 0 Å². The number of fused-ring (bicyclic) bond motifs is 1. The van der Waals surface area contributed by atoms with Gasteiger partial charge in [0.2, 0.25) is 15.9 Å². The van der Waals surface area contributed by atoms with Gasteiger partial charge >= 0.3 is 0 Å². The molecule has 4 aromatic carbocycles. The molecule has 0 spiro atoms. The number of nitrogens with zero attached hydrogens (tertiary/aromatic N) is 2. The van der Waals surface area contributed by atoms with Crippen molar-refractivity contribution in [2.75, 3.05) is 18.0 Å². The van der Waals surface area contributed by atoms with Crippen molar-refractivity contribution in [2.24, 2.45) is 0 Å². The van der Waals surface area contributed by atoms with Crippen LogP contribution >= 0.6 is 34.8 Å². The molecule has 0 saturated carbocycles. The first-order valence-corrected chi connectivity index (χ1v) is 15.8. The number of hydrogen-bond donors (Lipinski definition) is 1. The minimum Gasteiger partial charge on any atom is -0.477 e. The van der Waals surface area contributed by atoms with Crippen LogP contribution in [0.4, 0.5) is 5.69 Å². The van der Waals surface area contributed by atoms with Gasteiger partial charge < -0.3 is 15.0 Å². The van der Waals surface area contributed by atoms with E-state index in [2.05, 4.69) is 5.32 Å². The fourth-order valence-electron chi connectivity index (χ4n) is 4.57. The summed E-state index contributed by atoms with van der Waals surface area (Å²) in [7, 11) is -4.18. The van der Waals surface area contributed by atoms with Crippen molar-refractivity contribution in [3.8, 4) is 5.75 Å². The third-order valence-corrected chi connectivity index (χ3v) is 9.58. The molecule has 0 bridgehead atoms. The Kier molecular flexibility index (Phi) is 9.59. The minimum atomic E-state index is -4.18. The van der Waals surface area contributed by atoms with E-state index in [4.69, 9.17) is 39.5 Å². The van der Waals surface area contributed by atoms with Crippen LogP contribution in [0.25, 0.3) is 0 Å². The number of carbonyl (C=O) groups excluding carboxylic acids is 2. The van der Waals surface area contributed by atoms with Crippen molar-refractivity contribution in [1.29, 1.82) is 0 Å². The largest absolute Gasteiger partial charge is 0.477 e. The molecule has 43 heavy (non-hydrogen) atoms. The first kappa shape index (κ1) is 30.8. The molecule has 5 rings (SSSR count). The van der Waals surface area contributed by atoms with Gasteiger partial charge in [0, 0.05) is 18.1 Å². The molecule has 0 radical (unpaired) electrons. The van der Waals surface area contributed by atoms with Crippen LogP contribution in [0, 0.1) is 0 Å². The molecule has 0 aromatic heterocycles. The molecule has 1 N–H and O–H groups in total. The third kappa shape index (κ3) is 7.31. The SMILES string of the molecule is O=C(NCc1ccccc1)[C@H]1CN(C(=O)CN(Cc2ccc(Cl)c(Cl)c2)S(=O)(=O)c2ccc(Cl)cc2)c2ccccc2O1. The fourth-order valence-corrected chi connectivity index (χ4v) is 6.39. The van der Waals surface area contributed by atoms with Crippen molar-refractivity contribution in [3.63, 3.8) is 0 Å². The second-order valence-electron chi connectivity index (χ2n) is 9.76. The van der Waals surface area contributed by atoms with Gasteiger partial charge in [0.25, 0.3) is 5.91 Å². The minimum absolute atomic E-state index is 0.0368. The summed E-state index contributed by atoms with van der Waals surface area (Å²) in [6.45, 7) is -0.525. The number of hydrogen-bond acceptors (Lipinski definition) is 5. The molecule has 222 valence electrons. The summed E-state index contributed by atoms with van der Waals surface area (Å²) >= 11 is 18.3. The third-order valence-electron chi connectivity index (χ3n) is 6.78. The quantitative estimate of drug-likeness (QED) is 0.240. The normalized spacial score (nSPS) is 14.6. The van der Waals surface area contributed by atoms with Crippen molar-refractivity contribution >= 4 is 62.3 Å². The van der Waals surface area contributed by atoms with Crippen LogP contribution in [0.1, 0.15) is 11.1 Å². The predicted molar refractivity (Wildman–Crippen MR) is 167 cm³/mol. The summed E-state index contributed by atoms with van der Waals surface area (Å²) in [5.41, 5.74) is 1.86. The number of para-hydroxylation sites is 2. The van der Waals surface area contributed by atoms with Crippen LogP contribution in [0.2, 0.25) is 15.1 Å². The van der Waals surface area contributed by atoms with Gasteiger partial charge in [-0.2, -0.15) is 4.31 Å². The van der Waals surface area contributed by atoms with E-state index in [9.17, 15) is 18.0 Å². The molecule has 12 heteroatoms. The lowest BCUT2D eigenvalue weighted by molar-refractivity contribution is -0.128. The molecular weight excluding hydrogens is 633 g/mol. The molecule has 0 aliphatic carbocycles. The molecule has 4 aromatic rings. The van der Waals surface area contributed by atoms with Crippen LogP contribution in [-0.2, 0) is 32.7 Å². The van der Waals surface area contributed by atoms with E-state index in [0.29, 0.717) is 27.0 Å². The Morgan fingerprint density at radius 1 is 0.860 bits per heavy atom. The number of sulfonamides is 1. The highest BCUT2D eigenvalue weighted by atomic mass is 35.5. The maximum atomic E-state index is 13.9. The Bertz CT molecular complexity index is 1740. The first-order valence-electron chi connectivity index (χ1n) is 13.2. The van der Waals surface area contributed by atoms with Crippen LogP contribution in [-0.4, -0.2) is 43.7 Å². The summed E-state index contributed by atoms with van der Waals surface area (Å²) in [4.78, 5) is 28.4. The van der Waals surface area contributed by atoms with Gasteiger partial charge in [0.15, 0.2) is 6.10 Å². The Hall–Kier alpha value is -3.60. The second kappa shape index (κ2) is 13.4. The number of benzene rings is 4. The number of carbonyl (C=O) groups is 2. The Labute approximate surface area is 264 Å². The molecule has 8 nitrogen and oxygen atoms in total. The van der Waals surface area contributed by atoms with Crippen molar-refractivity contribution in [2.45, 2.75) is 24.1 Å². The zero-order valence-corrected chi connectivity index (χ0v) is 25.7. The van der Waals surface area contributed by atoms with E-state index in [1.807, 2.05) is 30.3 Å². The Balaban J connectivity index is 1.42. The Morgan fingerprint density at radius 3 is 2.28 bits per heavy atom. The molecule has 0 saturated heterocycles. The average molecular weight is 659 g/mol. The highest BCUT2D eigenvalue weighted by molar-refractivity contribution is 7.89. The van der Waals surface area contributed by atoms with Crippen LogP contribution in [0.5, 0.6) is 5.75 Å².